The van der Waals surface area contributed by atoms with Crippen molar-refractivity contribution in [2.45, 2.75) is 13.0 Å². The van der Waals surface area contributed by atoms with Gasteiger partial charge in [-0.25, -0.2) is 9.59 Å². The molecule has 0 unspecified atom stereocenters. The Morgan fingerprint density at radius 2 is 1.72 bits per heavy atom. The maximum Gasteiger partial charge on any atom is 0.339 e. The second kappa shape index (κ2) is 8.30. The topological polar surface area (TPSA) is 135 Å². The van der Waals surface area contributed by atoms with Crippen molar-refractivity contribution in [2.75, 3.05) is 7.11 Å². The Kier molecular flexibility index (Phi) is 5.63. The number of nitro benzene ring substituents is 1. The smallest absolute Gasteiger partial charge is 0.339 e. The molecule has 0 saturated heterocycles. The molecular formula is C19H15N3O7. The van der Waals surface area contributed by atoms with Crippen LogP contribution in [0.25, 0.3) is 11.5 Å². The average Bonchev–Trinajstić information content (AvgIpc) is 3.24. The fourth-order valence-corrected chi connectivity index (χ4v) is 2.45. The van der Waals surface area contributed by atoms with Crippen LogP contribution < -0.4 is 0 Å². The second-order valence-electron chi connectivity index (χ2n) is 5.88. The highest BCUT2D eigenvalue weighted by atomic mass is 16.6. The summed E-state index contributed by atoms with van der Waals surface area (Å²) in [4.78, 5) is 34.5. The van der Waals surface area contributed by atoms with Gasteiger partial charge in [-0.05, 0) is 25.1 Å². The second-order valence-corrected chi connectivity index (χ2v) is 5.88. The minimum absolute atomic E-state index is 0.0517. The fourth-order valence-electron chi connectivity index (χ4n) is 2.45. The SMILES string of the molecule is COC(=O)c1cc(C(=O)O[C@@H](C)c2nnc(-c3ccccc3)o2)cc([N+](=O)[O-])c1. The van der Waals surface area contributed by atoms with E-state index in [1.165, 1.54) is 6.92 Å². The lowest BCUT2D eigenvalue weighted by Gasteiger charge is -2.10. The van der Waals surface area contributed by atoms with Gasteiger partial charge >= 0.3 is 11.9 Å². The monoisotopic (exact) mass is 397 g/mol. The van der Waals surface area contributed by atoms with E-state index in [0.29, 0.717) is 5.56 Å². The van der Waals surface area contributed by atoms with E-state index in [4.69, 9.17) is 9.15 Å². The number of hydrogen-bond donors (Lipinski definition) is 0. The summed E-state index contributed by atoms with van der Waals surface area (Å²) in [5, 5.41) is 18.9. The van der Waals surface area contributed by atoms with Crippen molar-refractivity contribution in [3.05, 3.63) is 75.7 Å². The summed E-state index contributed by atoms with van der Waals surface area (Å²) in [6.07, 6.45) is -0.923. The van der Waals surface area contributed by atoms with Gasteiger partial charge in [-0.2, -0.15) is 0 Å². The van der Waals surface area contributed by atoms with Gasteiger partial charge in [0.2, 0.25) is 5.89 Å². The van der Waals surface area contributed by atoms with Crippen LogP contribution in [0, 0.1) is 10.1 Å². The first-order chi connectivity index (χ1) is 13.9. The summed E-state index contributed by atoms with van der Waals surface area (Å²) in [5.41, 5.74) is -0.0810. The van der Waals surface area contributed by atoms with Crippen LogP contribution in [0.2, 0.25) is 0 Å². The lowest BCUT2D eigenvalue weighted by atomic mass is 10.1. The van der Waals surface area contributed by atoms with Gasteiger partial charge in [0.25, 0.3) is 11.6 Å². The number of benzene rings is 2. The van der Waals surface area contributed by atoms with Gasteiger partial charge in [0.15, 0.2) is 6.10 Å². The van der Waals surface area contributed by atoms with E-state index in [1.807, 2.05) is 18.2 Å². The summed E-state index contributed by atoms with van der Waals surface area (Å²) < 4.78 is 15.3. The van der Waals surface area contributed by atoms with E-state index in [-0.39, 0.29) is 22.9 Å². The third kappa shape index (κ3) is 4.43. The minimum atomic E-state index is -0.923. The summed E-state index contributed by atoms with van der Waals surface area (Å²) in [7, 11) is 1.13. The van der Waals surface area contributed by atoms with E-state index < -0.39 is 28.7 Å². The van der Waals surface area contributed by atoms with Gasteiger partial charge in [0.1, 0.15) is 0 Å². The molecule has 3 rings (SSSR count). The van der Waals surface area contributed by atoms with Gasteiger partial charge < -0.3 is 13.9 Å². The number of nitrogens with zero attached hydrogens (tertiary/aromatic N) is 3. The van der Waals surface area contributed by atoms with Gasteiger partial charge in [-0.3, -0.25) is 10.1 Å². The molecule has 0 N–H and O–H groups in total. The maximum atomic E-state index is 12.5. The number of ether oxygens (including phenoxy) is 2. The van der Waals surface area contributed by atoms with Crippen LogP contribution in [-0.4, -0.2) is 34.2 Å². The molecule has 0 aliphatic rings. The van der Waals surface area contributed by atoms with Crippen LogP contribution in [0.4, 0.5) is 5.69 Å². The Morgan fingerprint density at radius 1 is 1.07 bits per heavy atom. The molecule has 1 aromatic heterocycles. The minimum Gasteiger partial charge on any atom is -0.465 e. The van der Waals surface area contributed by atoms with Crippen LogP contribution in [0.1, 0.15) is 39.6 Å². The van der Waals surface area contributed by atoms with Gasteiger partial charge in [-0.15, -0.1) is 10.2 Å². The van der Waals surface area contributed by atoms with Crippen molar-refractivity contribution < 1.29 is 28.4 Å². The summed E-state index contributed by atoms with van der Waals surface area (Å²) in [6.45, 7) is 1.51. The molecule has 0 bridgehead atoms. The van der Waals surface area contributed by atoms with Crippen molar-refractivity contribution >= 4 is 17.6 Å². The van der Waals surface area contributed by atoms with Crippen LogP contribution in [0.15, 0.2) is 52.9 Å². The molecule has 0 aliphatic carbocycles. The third-order valence-corrected chi connectivity index (χ3v) is 3.88. The first-order valence-corrected chi connectivity index (χ1v) is 8.36. The molecular weight excluding hydrogens is 382 g/mol. The molecule has 0 radical (unpaired) electrons. The molecule has 0 fully saturated rings. The van der Waals surface area contributed by atoms with Crippen molar-refractivity contribution in [3.63, 3.8) is 0 Å². The number of hydrogen-bond acceptors (Lipinski definition) is 9. The van der Waals surface area contributed by atoms with Crippen molar-refractivity contribution in [1.29, 1.82) is 0 Å². The Morgan fingerprint density at radius 3 is 2.34 bits per heavy atom. The molecule has 2 aromatic carbocycles. The highest BCUT2D eigenvalue weighted by molar-refractivity contribution is 5.96. The third-order valence-electron chi connectivity index (χ3n) is 3.88. The first kappa shape index (κ1) is 19.7. The highest BCUT2D eigenvalue weighted by Gasteiger charge is 2.23. The van der Waals surface area contributed by atoms with Crippen LogP contribution >= 0.6 is 0 Å². The van der Waals surface area contributed by atoms with Crippen LogP contribution in [0.3, 0.4) is 0 Å². The summed E-state index contributed by atoms with van der Waals surface area (Å²) in [5.74, 6) is -1.41. The van der Waals surface area contributed by atoms with E-state index in [9.17, 15) is 19.7 Å². The standard InChI is InChI=1S/C19H15N3O7/c1-11(16-20-21-17(29-16)12-6-4-3-5-7-12)28-19(24)14-8-13(18(23)27-2)9-15(10-14)22(25)26/h3-11H,1-2H3/t11-/m0/s1. The Hall–Kier alpha value is -4.08. The predicted octanol–water partition coefficient (Wildman–Crippen LogP) is 3.35. The molecule has 1 heterocycles. The zero-order valence-electron chi connectivity index (χ0n) is 15.4. The zero-order chi connectivity index (χ0) is 21.0. The van der Waals surface area contributed by atoms with Crippen molar-refractivity contribution in [2.24, 2.45) is 0 Å². The summed E-state index contributed by atoms with van der Waals surface area (Å²) >= 11 is 0. The van der Waals surface area contributed by atoms with Crippen LogP contribution in [0.5, 0.6) is 0 Å². The normalized spacial score (nSPS) is 11.5. The molecule has 1 atom stereocenters. The number of non-ortho nitro benzene ring substituents is 1. The zero-order valence-corrected chi connectivity index (χ0v) is 15.4. The fraction of sp³-hybridized carbons (Fsp3) is 0.158. The molecule has 0 amide bonds. The van der Waals surface area contributed by atoms with Crippen molar-refractivity contribution in [1.82, 2.24) is 10.2 Å². The Labute approximate surface area is 164 Å². The number of carbonyl (C=O) groups is 2. The van der Waals surface area contributed by atoms with Gasteiger partial charge in [0.05, 0.1) is 23.2 Å². The molecule has 0 aliphatic heterocycles. The first-order valence-electron chi connectivity index (χ1n) is 8.36. The molecule has 29 heavy (non-hydrogen) atoms. The quantitative estimate of drug-likeness (QED) is 0.348. The number of carbonyl (C=O) groups excluding carboxylic acids is 2. The van der Waals surface area contributed by atoms with Gasteiger partial charge in [-0.1, -0.05) is 18.2 Å². The lowest BCUT2D eigenvalue weighted by Crippen LogP contribution is -2.12. The van der Waals surface area contributed by atoms with Gasteiger partial charge in [0, 0.05) is 17.7 Å². The molecule has 3 aromatic rings. The molecule has 10 nitrogen and oxygen atoms in total. The molecule has 0 saturated carbocycles. The maximum absolute atomic E-state index is 12.5. The largest absolute Gasteiger partial charge is 0.465 e. The predicted molar refractivity (Wildman–Crippen MR) is 98.0 cm³/mol. The number of aromatic nitrogens is 2. The number of methoxy groups -OCH3 is 1. The average molecular weight is 397 g/mol. The number of esters is 2. The Balaban J connectivity index is 1.81. The summed E-state index contributed by atoms with van der Waals surface area (Å²) in [6, 6.07) is 12.2. The molecule has 0 spiro atoms. The van der Waals surface area contributed by atoms with Crippen molar-refractivity contribution in [3.8, 4) is 11.5 Å². The number of rotatable bonds is 6. The lowest BCUT2D eigenvalue weighted by molar-refractivity contribution is -0.384. The molecule has 10 heteroatoms. The van der Waals surface area contributed by atoms with Crippen LogP contribution in [-0.2, 0) is 9.47 Å². The molecule has 148 valence electrons. The Bertz CT molecular complexity index is 1060. The van der Waals surface area contributed by atoms with E-state index in [1.54, 1.807) is 12.1 Å². The number of nitro groups is 1. The van der Waals surface area contributed by atoms with E-state index >= 15 is 0 Å². The van der Waals surface area contributed by atoms with E-state index in [0.717, 1.165) is 25.3 Å². The van der Waals surface area contributed by atoms with E-state index in [2.05, 4.69) is 14.9 Å². The highest BCUT2D eigenvalue weighted by Crippen LogP contribution is 2.24.